The van der Waals surface area contributed by atoms with Crippen molar-refractivity contribution in [3.63, 3.8) is 0 Å². The Morgan fingerprint density at radius 1 is 1.25 bits per heavy atom. The minimum atomic E-state index is -0.346. The Balaban J connectivity index is 2.27. The summed E-state index contributed by atoms with van der Waals surface area (Å²) in [5.41, 5.74) is 4.73. The van der Waals surface area contributed by atoms with Gasteiger partial charge in [-0.1, -0.05) is 18.2 Å². The lowest BCUT2D eigenvalue weighted by Gasteiger charge is -2.07. The molecule has 0 aliphatic heterocycles. The molecule has 0 saturated heterocycles. The van der Waals surface area contributed by atoms with E-state index in [1.165, 1.54) is 0 Å². The second-order valence-corrected chi connectivity index (χ2v) is 4.42. The molecule has 6 heteroatoms. The first-order valence-corrected chi connectivity index (χ1v) is 6.10. The summed E-state index contributed by atoms with van der Waals surface area (Å²) in [4.78, 5) is 16.5. The fourth-order valence-electron chi connectivity index (χ4n) is 2.12. The van der Waals surface area contributed by atoms with Gasteiger partial charge in [0.25, 0.3) is 5.91 Å². The van der Waals surface area contributed by atoms with Gasteiger partial charge >= 0.3 is 0 Å². The number of para-hydroxylation sites is 1. The zero-order valence-electron chi connectivity index (χ0n) is 10.9. The summed E-state index contributed by atoms with van der Waals surface area (Å²) in [5.74, 6) is 4.90. The number of fused-ring (bicyclic) bond motifs is 1. The van der Waals surface area contributed by atoms with Gasteiger partial charge in [-0.3, -0.25) is 14.9 Å². The molecule has 0 aliphatic rings. The number of carbonyl (C=O) groups excluding carboxylic acids is 1. The average Bonchev–Trinajstić information content (AvgIpc) is 2.92. The molecule has 6 nitrogen and oxygen atoms in total. The maximum atomic E-state index is 11.9. The van der Waals surface area contributed by atoms with Gasteiger partial charge in [0.2, 0.25) is 0 Å². The summed E-state index contributed by atoms with van der Waals surface area (Å²) in [6, 6.07) is 11.0. The van der Waals surface area contributed by atoms with E-state index in [-0.39, 0.29) is 5.91 Å². The van der Waals surface area contributed by atoms with E-state index in [4.69, 9.17) is 5.84 Å². The summed E-state index contributed by atoms with van der Waals surface area (Å²) in [6.45, 7) is 0. The molecule has 0 radical (unpaired) electrons. The van der Waals surface area contributed by atoms with E-state index in [0.29, 0.717) is 17.0 Å². The maximum Gasteiger partial charge on any atom is 0.265 e. The Kier molecular flexibility index (Phi) is 2.92. The van der Waals surface area contributed by atoms with Crippen molar-refractivity contribution in [2.75, 3.05) is 0 Å². The van der Waals surface area contributed by atoms with Gasteiger partial charge in [0.15, 0.2) is 0 Å². The van der Waals surface area contributed by atoms with Crippen LogP contribution in [0.1, 0.15) is 10.4 Å². The van der Waals surface area contributed by atoms with E-state index in [0.717, 1.165) is 10.9 Å². The number of amides is 1. The number of aryl methyl sites for hydroxylation is 1. The molecule has 1 aromatic carbocycles. The van der Waals surface area contributed by atoms with E-state index < -0.39 is 0 Å². The molecule has 3 aromatic rings. The summed E-state index contributed by atoms with van der Waals surface area (Å²) in [5, 5.41) is 5.06. The van der Waals surface area contributed by atoms with Crippen molar-refractivity contribution in [2.24, 2.45) is 12.9 Å². The SMILES string of the molecule is Cn1ccc(-c2cc(C(=O)NN)c3ccccc3n2)n1. The van der Waals surface area contributed by atoms with Crippen LogP contribution in [-0.2, 0) is 7.05 Å². The summed E-state index contributed by atoms with van der Waals surface area (Å²) in [6.07, 6.45) is 1.83. The van der Waals surface area contributed by atoms with Crippen molar-refractivity contribution in [1.82, 2.24) is 20.2 Å². The Labute approximate surface area is 115 Å². The lowest BCUT2D eigenvalue weighted by molar-refractivity contribution is 0.0955. The van der Waals surface area contributed by atoms with Crippen LogP contribution in [0.15, 0.2) is 42.6 Å². The monoisotopic (exact) mass is 267 g/mol. The molecular weight excluding hydrogens is 254 g/mol. The quantitative estimate of drug-likeness (QED) is 0.415. The predicted molar refractivity (Wildman–Crippen MR) is 75.6 cm³/mol. The number of hydrazine groups is 1. The molecule has 0 bridgehead atoms. The van der Waals surface area contributed by atoms with Crippen molar-refractivity contribution in [3.05, 3.63) is 48.2 Å². The Bertz CT molecular complexity index is 793. The van der Waals surface area contributed by atoms with Crippen molar-refractivity contribution in [3.8, 4) is 11.4 Å². The van der Waals surface area contributed by atoms with Crippen LogP contribution in [0.25, 0.3) is 22.3 Å². The van der Waals surface area contributed by atoms with E-state index in [9.17, 15) is 4.79 Å². The summed E-state index contributed by atoms with van der Waals surface area (Å²) < 4.78 is 1.69. The Hall–Kier alpha value is -2.73. The van der Waals surface area contributed by atoms with E-state index in [2.05, 4.69) is 15.5 Å². The molecule has 20 heavy (non-hydrogen) atoms. The second-order valence-electron chi connectivity index (χ2n) is 4.42. The van der Waals surface area contributed by atoms with Crippen molar-refractivity contribution >= 4 is 16.8 Å². The molecule has 3 rings (SSSR count). The van der Waals surface area contributed by atoms with Crippen molar-refractivity contribution in [1.29, 1.82) is 0 Å². The lowest BCUT2D eigenvalue weighted by Crippen LogP contribution is -2.30. The van der Waals surface area contributed by atoms with Gasteiger partial charge in [-0.05, 0) is 18.2 Å². The molecule has 1 amide bonds. The maximum absolute atomic E-state index is 11.9. The molecule has 0 spiro atoms. The fraction of sp³-hybridized carbons (Fsp3) is 0.0714. The van der Waals surface area contributed by atoms with E-state index >= 15 is 0 Å². The van der Waals surface area contributed by atoms with Gasteiger partial charge in [-0.15, -0.1) is 0 Å². The first kappa shape index (κ1) is 12.3. The van der Waals surface area contributed by atoms with Crippen LogP contribution in [0.3, 0.4) is 0 Å². The Morgan fingerprint density at radius 2 is 2.05 bits per heavy atom. The zero-order valence-corrected chi connectivity index (χ0v) is 10.9. The highest BCUT2D eigenvalue weighted by Crippen LogP contribution is 2.23. The molecule has 0 fully saturated rings. The number of rotatable bonds is 2. The highest BCUT2D eigenvalue weighted by molar-refractivity contribution is 6.06. The van der Waals surface area contributed by atoms with Crippen LogP contribution < -0.4 is 11.3 Å². The second kappa shape index (κ2) is 4.75. The van der Waals surface area contributed by atoms with E-state index in [1.807, 2.05) is 43.6 Å². The van der Waals surface area contributed by atoms with Crippen LogP contribution in [-0.4, -0.2) is 20.7 Å². The van der Waals surface area contributed by atoms with Crippen molar-refractivity contribution in [2.45, 2.75) is 0 Å². The summed E-state index contributed by atoms with van der Waals surface area (Å²) in [7, 11) is 1.83. The van der Waals surface area contributed by atoms with E-state index in [1.54, 1.807) is 10.7 Å². The number of nitrogens with zero attached hydrogens (tertiary/aromatic N) is 3. The molecule has 0 unspecified atom stereocenters. The van der Waals surface area contributed by atoms with Crippen LogP contribution >= 0.6 is 0 Å². The number of nitrogens with one attached hydrogen (secondary N) is 1. The third-order valence-corrected chi connectivity index (χ3v) is 3.07. The topological polar surface area (TPSA) is 85.8 Å². The molecule has 0 saturated carbocycles. The minimum absolute atomic E-state index is 0.346. The van der Waals surface area contributed by atoms with Gasteiger partial charge in [0.1, 0.15) is 5.69 Å². The molecule has 2 heterocycles. The standard InChI is InChI=1S/C14H13N5O/c1-19-7-6-12(18-19)13-8-10(14(20)17-15)9-4-2-3-5-11(9)16-13/h2-8H,15H2,1H3,(H,17,20). The number of nitrogens with two attached hydrogens (primary N) is 1. The fourth-order valence-corrected chi connectivity index (χ4v) is 2.12. The van der Waals surface area contributed by atoms with Crippen LogP contribution in [0.4, 0.5) is 0 Å². The first-order valence-electron chi connectivity index (χ1n) is 6.10. The van der Waals surface area contributed by atoms with Gasteiger partial charge in [-0.2, -0.15) is 5.10 Å². The molecular formula is C14H13N5O. The normalized spacial score (nSPS) is 10.7. The number of nitrogen functional groups attached to an aromatic ring is 1. The largest absolute Gasteiger partial charge is 0.290 e. The number of hydrogen-bond donors (Lipinski definition) is 2. The number of aromatic nitrogens is 3. The number of carbonyl (C=O) groups is 1. The lowest BCUT2D eigenvalue weighted by atomic mass is 10.1. The van der Waals surface area contributed by atoms with Gasteiger partial charge < -0.3 is 0 Å². The average molecular weight is 267 g/mol. The summed E-state index contributed by atoms with van der Waals surface area (Å²) >= 11 is 0. The van der Waals surface area contributed by atoms with Crippen LogP contribution in [0.5, 0.6) is 0 Å². The number of benzene rings is 1. The van der Waals surface area contributed by atoms with Crippen LogP contribution in [0.2, 0.25) is 0 Å². The third kappa shape index (κ3) is 2.02. The highest BCUT2D eigenvalue weighted by Gasteiger charge is 2.13. The third-order valence-electron chi connectivity index (χ3n) is 3.07. The minimum Gasteiger partial charge on any atom is -0.290 e. The van der Waals surface area contributed by atoms with Gasteiger partial charge in [-0.25, -0.2) is 10.8 Å². The van der Waals surface area contributed by atoms with Crippen LogP contribution in [0, 0.1) is 0 Å². The molecule has 3 N–H and O–H groups in total. The predicted octanol–water partition coefficient (Wildman–Crippen LogP) is 1.24. The molecule has 100 valence electrons. The van der Waals surface area contributed by atoms with Crippen molar-refractivity contribution < 1.29 is 4.79 Å². The zero-order chi connectivity index (χ0) is 14.1. The number of pyridine rings is 1. The molecule has 0 atom stereocenters. The van der Waals surface area contributed by atoms with Gasteiger partial charge in [0.05, 0.1) is 16.8 Å². The first-order chi connectivity index (χ1) is 9.69. The molecule has 2 aromatic heterocycles. The molecule has 0 aliphatic carbocycles. The van der Waals surface area contributed by atoms with Gasteiger partial charge in [0, 0.05) is 18.6 Å². The number of hydrogen-bond acceptors (Lipinski definition) is 4. The Morgan fingerprint density at radius 3 is 2.75 bits per heavy atom. The smallest absolute Gasteiger partial charge is 0.265 e. The highest BCUT2D eigenvalue weighted by atomic mass is 16.2.